The average molecular weight is 185 g/mol. The molecule has 1 aromatic carbocycles. The molecule has 1 heterocycles. The molecule has 0 aliphatic heterocycles. The number of fused-ring (bicyclic) bond motifs is 1. The first-order valence-electron chi connectivity index (χ1n) is 4.42. The van der Waals surface area contributed by atoms with Gasteiger partial charge in [-0.1, -0.05) is 24.3 Å². The van der Waals surface area contributed by atoms with Gasteiger partial charge in [0.05, 0.1) is 5.84 Å². The van der Waals surface area contributed by atoms with Crippen molar-refractivity contribution in [3.63, 3.8) is 0 Å². The second kappa shape index (κ2) is 3.46. The topological polar surface area (TPSA) is 51.3 Å². The SMILES string of the molecule is CC(N)=Nc1nccc2ccccc12. The zero-order valence-electron chi connectivity index (χ0n) is 7.94. The highest BCUT2D eigenvalue weighted by atomic mass is 14.9. The van der Waals surface area contributed by atoms with E-state index in [-0.39, 0.29) is 0 Å². The van der Waals surface area contributed by atoms with Crippen molar-refractivity contribution in [3.05, 3.63) is 36.5 Å². The molecule has 2 rings (SSSR count). The second-order valence-corrected chi connectivity index (χ2v) is 3.11. The average Bonchev–Trinajstić information content (AvgIpc) is 2.18. The van der Waals surface area contributed by atoms with Crippen molar-refractivity contribution in [1.82, 2.24) is 4.98 Å². The summed E-state index contributed by atoms with van der Waals surface area (Å²) >= 11 is 0. The molecule has 0 saturated carbocycles. The Morgan fingerprint density at radius 1 is 1.29 bits per heavy atom. The lowest BCUT2D eigenvalue weighted by atomic mass is 10.2. The van der Waals surface area contributed by atoms with Crippen LogP contribution in [0.2, 0.25) is 0 Å². The van der Waals surface area contributed by atoms with Gasteiger partial charge in [0.25, 0.3) is 0 Å². The van der Waals surface area contributed by atoms with Crippen LogP contribution >= 0.6 is 0 Å². The van der Waals surface area contributed by atoms with Crippen LogP contribution in [0, 0.1) is 0 Å². The van der Waals surface area contributed by atoms with Crippen LogP contribution in [0.5, 0.6) is 0 Å². The molecule has 3 heteroatoms. The van der Waals surface area contributed by atoms with Gasteiger partial charge in [-0.05, 0) is 18.4 Å². The maximum absolute atomic E-state index is 5.53. The molecule has 2 N–H and O–H groups in total. The molecule has 14 heavy (non-hydrogen) atoms. The summed E-state index contributed by atoms with van der Waals surface area (Å²) in [4.78, 5) is 8.35. The first kappa shape index (κ1) is 8.69. The van der Waals surface area contributed by atoms with Gasteiger partial charge in [0, 0.05) is 11.6 Å². The van der Waals surface area contributed by atoms with E-state index in [2.05, 4.69) is 9.98 Å². The van der Waals surface area contributed by atoms with Crippen LogP contribution in [0.4, 0.5) is 5.82 Å². The number of pyridine rings is 1. The molecule has 0 spiro atoms. The van der Waals surface area contributed by atoms with Gasteiger partial charge in [-0.25, -0.2) is 9.98 Å². The second-order valence-electron chi connectivity index (χ2n) is 3.11. The molecule has 0 amide bonds. The van der Waals surface area contributed by atoms with Crippen LogP contribution in [-0.4, -0.2) is 10.8 Å². The summed E-state index contributed by atoms with van der Waals surface area (Å²) in [6.07, 6.45) is 1.74. The molecule has 0 saturated heterocycles. The van der Waals surface area contributed by atoms with Gasteiger partial charge < -0.3 is 5.73 Å². The highest BCUT2D eigenvalue weighted by Crippen LogP contribution is 2.22. The van der Waals surface area contributed by atoms with Crippen molar-refractivity contribution in [2.24, 2.45) is 10.7 Å². The minimum absolute atomic E-state index is 0.522. The van der Waals surface area contributed by atoms with Gasteiger partial charge in [0.1, 0.15) is 0 Å². The maximum atomic E-state index is 5.53. The van der Waals surface area contributed by atoms with Gasteiger partial charge in [-0.15, -0.1) is 0 Å². The number of amidine groups is 1. The van der Waals surface area contributed by atoms with E-state index in [1.807, 2.05) is 30.3 Å². The Kier molecular flexibility index (Phi) is 2.14. The zero-order chi connectivity index (χ0) is 9.97. The summed E-state index contributed by atoms with van der Waals surface area (Å²) in [5.41, 5.74) is 5.53. The van der Waals surface area contributed by atoms with Crippen LogP contribution in [-0.2, 0) is 0 Å². The van der Waals surface area contributed by atoms with E-state index >= 15 is 0 Å². The molecule has 0 aliphatic carbocycles. The molecule has 0 fully saturated rings. The number of rotatable bonds is 1. The molecule has 0 aliphatic rings. The summed E-state index contributed by atoms with van der Waals surface area (Å²) in [7, 11) is 0. The van der Waals surface area contributed by atoms with Crippen LogP contribution in [0.3, 0.4) is 0 Å². The Hall–Kier alpha value is -1.90. The lowest BCUT2D eigenvalue weighted by Gasteiger charge is -2.00. The Bertz CT molecular complexity index is 479. The number of hydrogen-bond donors (Lipinski definition) is 1. The number of nitrogens with zero attached hydrogens (tertiary/aromatic N) is 2. The van der Waals surface area contributed by atoms with Crippen molar-refractivity contribution >= 4 is 22.4 Å². The Morgan fingerprint density at radius 3 is 2.86 bits per heavy atom. The number of hydrogen-bond acceptors (Lipinski definition) is 2. The lowest BCUT2D eigenvalue weighted by Crippen LogP contribution is -2.04. The third-order valence-electron chi connectivity index (χ3n) is 1.93. The predicted molar refractivity (Wildman–Crippen MR) is 58.7 cm³/mol. The Labute approximate surface area is 82.3 Å². The monoisotopic (exact) mass is 185 g/mol. The van der Waals surface area contributed by atoms with E-state index in [0.717, 1.165) is 10.8 Å². The molecule has 0 atom stereocenters. The van der Waals surface area contributed by atoms with Gasteiger partial charge in [-0.3, -0.25) is 0 Å². The quantitative estimate of drug-likeness (QED) is 0.547. The fourth-order valence-corrected chi connectivity index (χ4v) is 1.36. The van der Waals surface area contributed by atoms with Crippen LogP contribution in [0.25, 0.3) is 10.8 Å². The highest BCUT2D eigenvalue weighted by molar-refractivity contribution is 5.93. The fourth-order valence-electron chi connectivity index (χ4n) is 1.36. The summed E-state index contributed by atoms with van der Waals surface area (Å²) < 4.78 is 0. The van der Waals surface area contributed by atoms with Crippen molar-refractivity contribution < 1.29 is 0 Å². The number of aliphatic imine (C=N–C) groups is 1. The van der Waals surface area contributed by atoms with Crippen molar-refractivity contribution in [1.29, 1.82) is 0 Å². The minimum Gasteiger partial charge on any atom is -0.387 e. The standard InChI is InChI=1S/C11H11N3/c1-8(12)14-11-10-5-3-2-4-9(10)6-7-13-11/h2-7H,1H3,(H2,12,13,14). The van der Waals surface area contributed by atoms with Crippen molar-refractivity contribution in [2.75, 3.05) is 0 Å². The fraction of sp³-hybridized carbons (Fsp3) is 0.0909. The van der Waals surface area contributed by atoms with E-state index < -0.39 is 0 Å². The number of nitrogens with two attached hydrogens (primary N) is 1. The van der Waals surface area contributed by atoms with Gasteiger partial charge in [-0.2, -0.15) is 0 Å². The van der Waals surface area contributed by atoms with E-state index in [1.165, 1.54) is 0 Å². The van der Waals surface area contributed by atoms with Crippen molar-refractivity contribution in [2.45, 2.75) is 6.92 Å². The molecule has 70 valence electrons. The van der Waals surface area contributed by atoms with Gasteiger partial charge in [0.15, 0.2) is 5.82 Å². The summed E-state index contributed by atoms with van der Waals surface area (Å²) in [6, 6.07) is 9.94. The molecule has 3 nitrogen and oxygen atoms in total. The van der Waals surface area contributed by atoms with Crippen LogP contribution in [0.1, 0.15) is 6.92 Å². The first-order valence-corrected chi connectivity index (χ1v) is 4.42. The lowest BCUT2D eigenvalue weighted by molar-refractivity contribution is 1.29. The summed E-state index contributed by atoms with van der Waals surface area (Å²) in [5, 5.41) is 2.15. The largest absolute Gasteiger partial charge is 0.387 e. The van der Waals surface area contributed by atoms with Crippen LogP contribution in [0.15, 0.2) is 41.5 Å². The van der Waals surface area contributed by atoms with E-state index in [0.29, 0.717) is 11.7 Å². The summed E-state index contributed by atoms with van der Waals surface area (Å²) in [6.45, 7) is 1.75. The normalized spacial score (nSPS) is 11.9. The zero-order valence-corrected chi connectivity index (χ0v) is 7.94. The van der Waals surface area contributed by atoms with Gasteiger partial charge in [0.2, 0.25) is 0 Å². The highest BCUT2D eigenvalue weighted by Gasteiger charge is 1.98. The summed E-state index contributed by atoms with van der Waals surface area (Å²) in [5.74, 6) is 1.21. The van der Waals surface area contributed by atoms with Crippen LogP contribution < -0.4 is 5.73 Å². The predicted octanol–water partition coefficient (Wildman–Crippen LogP) is 2.24. The Morgan fingerprint density at radius 2 is 2.07 bits per heavy atom. The number of benzene rings is 1. The third-order valence-corrected chi connectivity index (χ3v) is 1.93. The molecule has 0 unspecified atom stereocenters. The molecule has 1 aromatic heterocycles. The maximum Gasteiger partial charge on any atom is 0.161 e. The third kappa shape index (κ3) is 1.57. The molecular formula is C11H11N3. The molecule has 0 bridgehead atoms. The Balaban J connectivity index is 2.71. The first-order chi connectivity index (χ1) is 6.77. The van der Waals surface area contributed by atoms with Gasteiger partial charge >= 0.3 is 0 Å². The van der Waals surface area contributed by atoms with Crippen molar-refractivity contribution in [3.8, 4) is 0 Å². The molecular weight excluding hydrogens is 174 g/mol. The number of aromatic nitrogens is 1. The molecule has 0 radical (unpaired) electrons. The smallest absolute Gasteiger partial charge is 0.161 e. The van der Waals surface area contributed by atoms with E-state index in [4.69, 9.17) is 5.73 Å². The minimum atomic E-state index is 0.522. The molecule has 2 aromatic rings. The van der Waals surface area contributed by atoms with E-state index in [9.17, 15) is 0 Å². The van der Waals surface area contributed by atoms with E-state index in [1.54, 1.807) is 13.1 Å².